The van der Waals surface area contributed by atoms with E-state index in [4.69, 9.17) is 9.47 Å². The molecule has 1 aromatic carbocycles. The van der Waals surface area contributed by atoms with E-state index in [-0.39, 0.29) is 6.10 Å². The number of hydrogen-bond donors (Lipinski definition) is 0. The summed E-state index contributed by atoms with van der Waals surface area (Å²) >= 11 is 0. The molecular formula is C29H50O2. The largest absolute Gasteiger partial charge is 0.494 e. The van der Waals surface area contributed by atoms with Crippen LogP contribution in [0.15, 0.2) is 24.3 Å². The Morgan fingerprint density at radius 2 is 1.48 bits per heavy atom. The van der Waals surface area contributed by atoms with E-state index in [2.05, 4.69) is 52.0 Å². The van der Waals surface area contributed by atoms with Crippen LogP contribution in [-0.2, 0) is 0 Å². The Hall–Kier alpha value is -1.18. The van der Waals surface area contributed by atoms with Crippen molar-refractivity contribution in [3.8, 4) is 11.5 Å². The van der Waals surface area contributed by atoms with Crippen molar-refractivity contribution >= 4 is 0 Å². The highest BCUT2D eigenvalue weighted by molar-refractivity contribution is 5.31. The van der Waals surface area contributed by atoms with Crippen LogP contribution in [0, 0.1) is 17.8 Å². The van der Waals surface area contributed by atoms with Crippen molar-refractivity contribution in [3.05, 3.63) is 24.3 Å². The molecule has 0 N–H and O–H groups in total. The molecule has 178 valence electrons. The van der Waals surface area contributed by atoms with Gasteiger partial charge in [0, 0.05) is 0 Å². The van der Waals surface area contributed by atoms with E-state index < -0.39 is 0 Å². The van der Waals surface area contributed by atoms with Crippen LogP contribution in [0.3, 0.4) is 0 Å². The molecule has 0 saturated heterocycles. The second-order valence-electron chi connectivity index (χ2n) is 10.1. The van der Waals surface area contributed by atoms with E-state index in [0.717, 1.165) is 42.3 Å². The van der Waals surface area contributed by atoms with Crippen molar-refractivity contribution in [2.24, 2.45) is 17.8 Å². The third-order valence-electron chi connectivity index (χ3n) is 7.41. The lowest BCUT2D eigenvalue weighted by Gasteiger charge is -2.32. The first-order chi connectivity index (χ1) is 15.1. The molecule has 1 aliphatic rings. The Morgan fingerprint density at radius 3 is 2.16 bits per heavy atom. The highest BCUT2D eigenvalue weighted by atomic mass is 16.5. The molecule has 0 aliphatic heterocycles. The molecule has 2 rings (SSSR count). The zero-order valence-electron chi connectivity index (χ0n) is 21.0. The Bertz CT molecular complexity index is 552. The van der Waals surface area contributed by atoms with Gasteiger partial charge in [-0.1, -0.05) is 78.6 Å². The maximum atomic E-state index is 6.06. The summed E-state index contributed by atoms with van der Waals surface area (Å²) in [4.78, 5) is 0. The summed E-state index contributed by atoms with van der Waals surface area (Å²) < 4.78 is 12.1. The van der Waals surface area contributed by atoms with Gasteiger partial charge in [-0.15, -0.1) is 0 Å². The van der Waals surface area contributed by atoms with Crippen LogP contribution in [-0.4, -0.2) is 12.7 Å². The number of benzene rings is 1. The summed E-state index contributed by atoms with van der Waals surface area (Å²) in [6.45, 7) is 10.0. The SMILES string of the molecule is CCCCCCC(C)Oc1ccc(OCCCC2CCCCC2CCC(C)CC)cc1. The number of unbranched alkanes of at least 4 members (excludes halogenated alkanes) is 3. The molecule has 1 saturated carbocycles. The van der Waals surface area contributed by atoms with E-state index in [1.165, 1.54) is 83.5 Å². The predicted octanol–water partition coefficient (Wildman–Crippen LogP) is 9.22. The van der Waals surface area contributed by atoms with Gasteiger partial charge in [0.2, 0.25) is 0 Å². The van der Waals surface area contributed by atoms with Crippen molar-refractivity contribution in [1.29, 1.82) is 0 Å². The fraction of sp³-hybridized carbons (Fsp3) is 0.793. The molecule has 0 amide bonds. The van der Waals surface area contributed by atoms with Crippen LogP contribution in [0.2, 0.25) is 0 Å². The molecule has 31 heavy (non-hydrogen) atoms. The fourth-order valence-corrected chi connectivity index (χ4v) is 5.05. The number of ether oxygens (including phenoxy) is 2. The highest BCUT2D eigenvalue weighted by Gasteiger charge is 2.24. The summed E-state index contributed by atoms with van der Waals surface area (Å²) in [6, 6.07) is 8.25. The topological polar surface area (TPSA) is 18.5 Å². The maximum absolute atomic E-state index is 6.06. The highest BCUT2D eigenvalue weighted by Crippen LogP contribution is 2.37. The zero-order chi connectivity index (χ0) is 22.3. The molecule has 1 fully saturated rings. The Kier molecular flexibility index (Phi) is 13.1. The Balaban J connectivity index is 1.64. The Labute approximate surface area is 193 Å². The van der Waals surface area contributed by atoms with Gasteiger partial charge in [-0.2, -0.15) is 0 Å². The molecule has 4 atom stereocenters. The van der Waals surface area contributed by atoms with Gasteiger partial charge in [0.15, 0.2) is 0 Å². The van der Waals surface area contributed by atoms with Crippen molar-refractivity contribution < 1.29 is 9.47 Å². The molecule has 0 aromatic heterocycles. The quantitative estimate of drug-likeness (QED) is 0.243. The molecule has 0 bridgehead atoms. The van der Waals surface area contributed by atoms with E-state index >= 15 is 0 Å². The van der Waals surface area contributed by atoms with Crippen LogP contribution in [0.5, 0.6) is 11.5 Å². The molecule has 0 heterocycles. The monoisotopic (exact) mass is 430 g/mol. The minimum atomic E-state index is 0.285. The van der Waals surface area contributed by atoms with Crippen molar-refractivity contribution in [2.45, 2.75) is 124 Å². The van der Waals surface area contributed by atoms with Gasteiger partial charge in [-0.05, 0) is 81.0 Å². The molecule has 0 spiro atoms. The molecule has 4 unspecified atom stereocenters. The smallest absolute Gasteiger partial charge is 0.119 e. The minimum absolute atomic E-state index is 0.285. The first kappa shape index (κ1) is 26.1. The molecule has 2 heteroatoms. The van der Waals surface area contributed by atoms with Gasteiger partial charge in [0.1, 0.15) is 11.5 Å². The molecule has 1 aromatic rings. The lowest BCUT2D eigenvalue weighted by atomic mass is 9.74. The van der Waals surface area contributed by atoms with Crippen LogP contribution in [0.25, 0.3) is 0 Å². The zero-order valence-corrected chi connectivity index (χ0v) is 21.0. The van der Waals surface area contributed by atoms with Gasteiger partial charge < -0.3 is 9.47 Å². The number of rotatable bonds is 16. The van der Waals surface area contributed by atoms with Crippen molar-refractivity contribution in [2.75, 3.05) is 6.61 Å². The summed E-state index contributed by atoms with van der Waals surface area (Å²) in [6.07, 6.45) is 19.1. The summed E-state index contributed by atoms with van der Waals surface area (Å²) in [5.41, 5.74) is 0. The van der Waals surface area contributed by atoms with E-state index in [1.54, 1.807) is 0 Å². The molecule has 1 aliphatic carbocycles. The third-order valence-corrected chi connectivity index (χ3v) is 7.41. The van der Waals surface area contributed by atoms with Gasteiger partial charge in [-0.3, -0.25) is 0 Å². The molecular weight excluding hydrogens is 380 g/mol. The summed E-state index contributed by atoms with van der Waals surface area (Å²) in [5, 5.41) is 0. The Morgan fingerprint density at radius 1 is 0.806 bits per heavy atom. The van der Waals surface area contributed by atoms with E-state index in [1.807, 2.05) is 0 Å². The normalized spacial score (nSPS) is 20.9. The third kappa shape index (κ3) is 10.8. The van der Waals surface area contributed by atoms with Crippen LogP contribution >= 0.6 is 0 Å². The van der Waals surface area contributed by atoms with Crippen LogP contribution in [0.4, 0.5) is 0 Å². The second-order valence-corrected chi connectivity index (χ2v) is 10.1. The van der Waals surface area contributed by atoms with Gasteiger partial charge in [-0.25, -0.2) is 0 Å². The first-order valence-electron chi connectivity index (χ1n) is 13.5. The van der Waals surface area contributed by atoms with E-state index in [9.17, 15) is 0 Å². The lowest BCUT2D eigenvalue weighted by molar-refractivity contribution is 0.185. The summed E-state index contributed by atoms with van der Waals surface area (Å²) in [5.74, 6) is 4.71. The van der Waals surface area contributed by atoms with Crippen molar-refractivity contribution in [3.63, 3.8) is 0 Å². The first-order valence-corrected chi connectivity index (χ1v) is 13.5. The lowest BCUT2D eigenvalue weighted by Crippen LogP contribution is -2.21. The predicted molar refractivity (Wildman–Crippen MR) is 134 cm³/mol. The van der Waals surface area contributed by atoms with Gasteiger partial charge in [0.25, 0.3) is 0 Å². The fourth-order valence-electron chi connectivity index (χ4n) is 5.05. The molecule has 2 nitrogen and oxygen atoms in total. The average molecular weight is 431 g/mol. The molecule has 0 radical (unpaired) electrons. The van der Waals surface area contributed by atoms with Crippen LogP contribution < -0.4 is 9.47 Å². The average Bonchev–Trinajstić information content (AvgIpc) is 2.79. The minimum Gasteiger partial charge on any atom is -0.494 e. The van der Waals surface area contributed by atoms with Crippen LogP contribution in [0.1, 0.15) is 118 Å². The van der Waals surface area contributed by atoms with Gasteiger partial charge >= 0.3 is 0 Å². The van der Waals surface area contributed by atoms with E-state index in [0.29, 0.717) is 0 Å². The summed E-state index contributed by atoms with van der Waals surface area (Å²) in [7, 11) is 0. The van der Waals surface area contributed by atoms with Crippen molar-refractivity contribution in [1.82, 2.24) is 0 Å². The second kappa shape index (κ2) is 15.6. The maximum Gasteiger partial charge on any atom is 0.119 e. The van der Waals surface area contributed by atoms with Gasteiger partial charge in [0.05, 0.1) is 12.7 Å². The number of hydrogen-bond acceptors (Lipinski definition) is 2. The standard InChI is InChI=1S/C29H50O2/c1-5-7-8-9-13-25(4)31-29-21-19-28(20-22-29)30-23-12-16-26-14-10-11-15-27(26)18-17-24(3)6-2/h19-22,24-27H,5-18,23H2,1-4H3.